The summed E-state index contributed by atoms with van der Waals surface area (Å²) in [6, 6.07) is 8.05. The van der Waals surface area contributed by atoms with Gasteiger partial charge in [0.1, 0.15) is 5.82 Å². The average molecular weight is 258 g/mol. The van der Waals surface area contributed by atoms with E-state index in [1.54, 1.807) is 6.20 Å². The molecular weight excluding hydrogens is 239 g/mol. The van der Waals surface area contributed by atoms with Crippen LogP contribution in [0.25, 0.3) is 0 Å². The smallest absolute Gasteiger partial charge is 0.141 e. The first-order valence-corrected chi connectivity index (χ1v) is 6.44. The van der Waals surface area contributed by atoms with Crippen LogP contribution in [0.15, 0.2) is 36.7 Å². The van der Waals surface area contributed by atoms with Gasteiger partial charge in [0.05, 0.1) is 6.20 Å². The maximum Gasteiger partial charge on any atom is 0.141 e. The fourth-order valence-electron chi connectivity index (χ4n) is 2.17. The monoisotopic (exact) mass is 258 g/mol. The van der Waals surface area contributed by atoms with E-state index in [0.29, 0.717) is 0 Å². The van der Waals surface area contributed by atoms with E-state index in [9.17, 15) is 4.39 Å². The van der Waals surface area contributed by atoms with Crippen LogP contribution >= 0.6 is 0 Å². The van der Waals surface area contributed by atoms with Gasteiger partial charge < -0.3 is 5.32 Å². The van der Waals surface area contributed by atoms with Crippen molar-refractivity contribution in [2.45, 2.75) is 26.3 Å². The molecule has 1 N–H and O–H groups in total. The molecule has 0 aliphatic rings. The van der Waals surface area contributed by atoms with E-state index < -0.39 is 0 Å². The molecule has 0 amide bonds. The molecule has 0 radical (unpaired) electrons. The maximum atomic E-state index is 13.2. The summed E-state index contributed by atoms with van der Waals surface area (Å²) < 4.78 is 13.2. The Balaban J connectivity index is 2.21. The number of nitrogens with one attached hydrogen (secondary N) is 1. The first-order chi connectivity index (χ1) is 9.10. The molecule has 2 aromatic rings. The second-order valence-electron chi connectivity index (χ2n) is 4.90. The molecule has 1 atom stereocenters. The van der Waals surface area contributed by atoms with E-state index in [0.717, 1.165) is 12.0 Å². The van der Waals surface area contributed by atoms with Gasteiger partial charge in [0, 0.05) is 12.2 Å². The summed E-state index contributed by atoms with van der Waals surface area (Å²) in [5.41, 5.74) is 4.69. The lowest BCUT2D eigenvalue weighted by atomic mass is 9.97. The van der Waals surface area contributed by atoms with E-state index in [-0.39, 0.29) is 11.9 Å². The molecule has 0 aliphatic heterocycles. The van der Waals surface area contributed by atoms with Crippen LogP contribution in [0.5, 0.6) is 0 Å². The molecule has 1 aromatic heterocycles. The number of hydrogen-bond donors (Lipinski definition) is 1. The molecule has 2 rings (SSSR count). The van der Waals surface area contributed by atoms with Crippen LogP contribution in [0.2, 0.25) is 0 Å². The van der Waals surface area contributed by atoms with Crippen molar-refractivity contribution in [1.82, 2.24) is 10.3 Å². The molecule has 2 nitrogen and oxygen atoms in total. The van der Waals surface area contributed by atoms with Crippen LogP contribution in [0.1, 0.15) is 28.3 Å². The Hall–Kier alpha value is -1.74. The summed E-state index contributed by atoms with van der Waals surface area (Å²) in [7, 11) is 1.89. The van der Waals surface area contributed by atoms with Gasteiger partial charge in [-0.2, -0.15) is 0 Å². The Morgan fingerprint density at radius 3 is 2.58 bits per heavy atom. The number of benzene rings is 1. The second kappa shape index (κ2) is 5.93. The van der Waals surface area contributed by atoms with Crippen molar-refractivity contribution >= 4 is 0 Å². The normalized spacial score (nSPS) is 12.4. The van der Waals surface area contributed by atoms with Crippen LogP contribution in [0, 0.1) is 19.7 Å². The topological polar surface area (TPSA) is 24.9 Å². The van der Waals surface area contributed by atoms with Crippen LogP contribution in [0.3, 0.4) is 0 Å². The highest BCUT2D eigenvalue weighted by Gasteiger charge is 2.11. The van der Waals surface area contributed by atoms with E-state index in [1.807, 2.05) is 7.05 Å². The van der Waals surface area contributed by atoms with Gasteiger partial charge in [-0.05, 0) is 55.6 Å². The lowest BCUT2D eigenvalue weighted by molar-refractivity contribution is 0.571. The van der Waals surface area contributed by atoms with Crippen molar-refractivity contribution in [1.29, 1.82) is 0 Å². The van der Waals surface area contributed by atoms with Gasteiger partial charge in [0.15, 0.2) is 0 Å². The quantitative estimate of drug-likeness (QED) is 0.909. The molecule has 0 aliphatic carbocycles. The van der Waals surface area contributed by atoms with Gasteiger partial charge in [0.2, 0.25) is 0 Å². The van der Waals surface area contributed by atoms with E-state index in [2.05, 4.69) is 42.3 Å². The summed E-state index contributed by atoms with van der Waals surface area (Å²) in [5, 5.41) is 3.22. The largest absolute Gasteiger partial charge is 0.313 e. The highest BCUT2D eigenvalue weighted by molar-refractivity contribution is 5.31. The zero-order chi connectivity index (χ0) is 13.8. The van der Waals surface area contributed by atoms with Crippen molar-refractivity contribution in [2.24, 2.45) is 0 Å². The van der Waals surface area contributed by atoms with E-state index in [4.69, 9.17) is 0 Å². The number of aromatic nitrogens is 1. The number of rotatable bonds is 4. The molecule has 1 heterocycles. The molecule has 19 heavy (non-hydrogen) atoms. The van der Waals surface area contributed by atoms with Crippen LogP contribution in [0.4, 0.5) is 4.39 Å². The van der Waals surface area contributed by atoms with E-state index in [1.165, 1.54) is 29.0 Å². The minimum absolute atomic E-state index is 0.0744. The van der Waals surface area contributed by atoms with Crippen LogP contribution < -0.4 is 5.32 Å². The fourth-order valence-corrected chi connectivity index (χ4v) is 2.17. The third-order valence-corrected chi connectivity index (χ3v) is 3.49. The number of aryl methyl sites for hydroxylation is 2. The molecule has 0 spiro atoms. The summed E-state index contributed by atoms with van der Waals surface area (Å²) in [6.07, 6.45) is 3.76. The first kappa shape index (κ1) is 13.7. The van der Waals surface area contributed by atoms with Crippen molar-refractivity contribution in [2.75, 3.05) is 7.05 Å². The van der Waals surface area contributed by atoms with E-state index >= 15 is 0 Å². The fraction of sp³-hybridized carbons (Fsp3) is 0.312. The minimum Gasteiger partial charge on any atom is -0.313 e. The van der Waals surface area contributed by atoms with Crippen molar-refractivity contribution in [3.63, 3.8) is 0 Å². The van der Waals surface area contributed by atoms with Gasteiger partial charge in [-0.15, -0.1) is 0 Å². The number of pyridine rings is 1. The first-order valence-electron chi connectivity index (χ1n) is 6.44. The van der Waals surface area contributed by atoms with Gasteiger partial charge in [-0.25, -0.2) is 4.39 Å². The molecule has 1 aromatic carbocycles. The zero-order valence-electron chi connectivity index (χ0n) is 11.6. The highest BCUT2D eigenvalue weighted by atomic mass is 19.1. The van der Waals surface area contributed by atoms with Crippen LogP contribution in [-0.2, 0) is 6.42 Å². The molecule has 0 saturated carbocycles. The average Bonchev–Trinajstić information content (AvgIpc) is 2.40. The van der Waals surface area contributed by atoms with Crippen LogP contribution in [-0.4, -0.2) is 12.0 Å². The number of likely N-dealkylation sites (N-methyl/N-ethyl adjacent to an activating group) is 1. The molecule has 0 saturated heterocycles. The minimum atomic E-state index is -0.294. The van der Waals surface area contributed by atoms with Gasteiger partial charge in [-0.3, -0.25) is 4.98 Å². The Morgan fingerprint density at radius 1 is 1.16 bits per heavy atom. The highest BCUT2D eigenvalue weighted by Crippen LogP contribution is 2.19. The lowest BCUT2D eigenvalue weighted by Gasteiger charge is -2.17. The van der Waals surface area contributed by atoms with Crippen molar-refractivity contribution in [3.8, 4) is 0 Å². The standard InChI is InChI=1S/C16H19FN2/c1-11-4-5-13(6-12(11)2)7-16(18-3)14-8-15(17)10-19-9-14/h4-6,8-10,16,18H,7H2,1-3H3. The molecular formula is C16H19FN2. The third-order valence-electron chi connectivity index (χ3n) is 3.49. The SMILES string of the molecule is CNC(Cc1ccc(C)c(C)c1)c1cncc(F)c1. The molecule has 1 unspecified atom stereocenters. The summed E-state index contributed by atoms with van der Waals surface area (Å²) in [4.78, 5) is 3.91. The predicted molar refractivity (Wildman–Crippen MR) is 75.6 cm³/mol. The van der Waals surface area contributed by atoms with Gasteiger partial charge >= 0.3 is 0 Å². The molecule has 0 bridgehead atoms. The maximum absolute atomic E-state index is 13.2. The summed E-state index contributed by atoms with van der Waals surface area (Å²) in [5.74, 6) is -0.294. The van der Waals surface area contributed by atoms with Crippen molar-refractivity contribution in [3.05, 3.63) is 64.7 Å². The zero-order valence-corrected chi connectivity index (χ0v) is 11.6. The summed E-state index contributed by atoms with van der Waals surface area (Å²) in [6.45, 7) is 4.21. The van der Waals surface area contributed by atoms with Gasteiger partial charge in [-0.1, -0.05) is 18.2 Å². The lowest BCUT2D eigenvalue weighted by Crippen LogP contribution is -2.19. The third kappa shape index (κ3) is 3.38. The van der Waals surface area contributed by atoms with Crippen molar-refractivity contribution < 1.29 is 4.39 Å². The number of halogens is 1. The molecule has 3 heteroatoms. The Morgan fingerprint density at radius 2 is 1.95 bits per heavy atom. The molecule has 100 valence electrons. The Bertz CT molecular complexity index is 566. The second-order valence-corrected chi connectivity index (χ2v) is 4.90. The number of nitrogens with zero attached hydrogens (tertiary/aromatic N) is 1. The Labute approximate surface area is 113 Å². The van der Waals surface area contributed by atoms with Gasteiger partial charge in [0.25, 0.3) is 0 Å². The Kier molecular flexibility index (Phi) is 4.27. The molecule has 0 fully saturated rings. The predicted octanol–water partition coefficient (Wildman–Crippen LogP) is 3.34. The summed E-state index contributed by atoms with van der Waals surface area (Å²) >= 11 is 0. The number of hydrogen-bond acceptors (Lipinski definition) is 2.